The van der Waals surface area contributed by atoms with Gasteiger partial charge in [-0.2, -0.15) is 0 Å². The van der Waals surface area contributed by atoms with Gasteiger partial charge >= 0.3 is 0 Å². The van der Waals surface area contributed by atoms with Crippen LogP contribution >= 0.6 is 0 Å². The van der Waals surface area contributed by atoms with Crippen LogP contribution < -0.4 is 10.1 Å². The van der Waals surface area contributed by atoms with Crippen molar-refractivity contribution >= 4 is 11.8 Å². The first kappa shape index (κ1) is 16.3. The predicted molar refractivity (Wildman–Crippen MR) is 84.4 cm³/mol. The van der Waals surface area contributed by atoms with Crippen molar-refractivity contribution in [1.29, 1.82) is 0 Å². The minimum atomic E-state index is -0.276. The molecule has 0 aromatic heterocycles. The summed E-state index contributed by atoms with van der Waals surface area (Å²) in [7, 11) is 1.61. The zero-order valence-electron chi connectivity index (χ0n) is 13.7. The molecule has 1 unspecified atom stereocenters. The number of rotatable bonds is 4. The second kappa shape index (κ2) is 6.38. The Morgan fingerprint density at radius 2 is 2.05 bits per heavy atom. The molecule has 2 rings (SSSR count). The molecule has 0 radical (unpaired) electrons. The highest BCUT2D eigenvalue weighted by molar-refractivity contribution is 5.89. The van der Waals surface area contributed by atoms with Crippen LogP contribution in [-0.4, -0.2) is 35.9 Å². The monoisotopic (exact) mass is 304 g/mol. The number of carbonyl (C=O) groups is 2. The maximum atomic E-state index is 12.3. The summed E-state index contributed by atoms with van der Waals surface area (Å²) in [5, 5.41) is 2.91. The van der Waals surface area contributed by atoms with Crippen LogP contribution in [0.2, 0.25) is 0 Å². The van der Waals surface area contributed by atoms with Crippen LogP contribution in [-0.2, 0) is 16.1 Å². The third-order valence-electron chi connectivity index (χ3n) is 3.95. The highest BCUT2D eigenvalue weighted by atomic mass is 16.5. The van der Waals surface area contributed by atoms with Gasteiger partial charge in [-0.1, -0.05) is 18.2 Å². The van der Waals surface area contributed by atoms with E-state index in [4.69, 9.17) is 4.74 Å². The first-order valence-electron chi connectivity index (χ1n) is 7.53. The molecule has 1 aromatic rings. The lowest BCUT2D eigenvalue weighted by Gasteiger charge is -2.31. The molecule has 22 heavy (non-hydrogen) atoms. The largest absolute Gasteiger partial charge is 0.496 e. The number of benzene rings is 1. The Morgan fingerprint density at radius 1 is 1.36 bits per heavy atom. The van der Waals surface area contributed by atoms with Crippen molar-refractivity contribution in [2.75, 3.05) is 13.7 Å². The van der Waals surface area contributed by atoms with E-state index in [9.17, 15) is 9.59 Å². The van der Waals surface area contributed by atoms with Crippen LogP contribution in [0.1, 0.15) is 32.8 Å². The number of methoxy groups -OCH3 is 1. The Kier molecular flexibility index (Phi) is 4.74. The minimum Gasteiger partial charge on any atom is -0.496 e. The van der Waals surface area contributed by atoms with Gasteiger partial charge in [0.2, 0.25) is 11.8 Å². The number of nitrogens with zero attached hydrogens (tertiary/aromatic N) is 1. The molecule has 1 heterocycles. The fraction of sp³-hybridized carbons (Fsp3) is 0.529. The molecule has 5 heteroatoms. The fourth-order valence-electron chi connectivity index (χ4n) is 2.71. The summed E-state index contributed by atoms with van der Waals surface area (Å²) in [4.78, 5) is 26.1. The van der Waals surface area contributed by atoms with Gasteiger partial charge in [0.05, 0.1) is 13.0 Å². The van der Waals surface area contributed by atoms with Gasteiger partial charge in [0.25, 0.3) is 0 Å². The molecular weight excluding hydrogens is 280 g/mol. The third-order valence-corrected chi connectivity index (χ3v) is 3.95. The van der Waals surface area contributed by atoms with E-state index in [1.165, 1.54) is 0 Å². The van der Waals surface area contributed by atoms with Gasteiger partial charge in [-0.3, -0.25) is 9.59 Å². The minimum absolute atomic E-state index is 0.0462. The molecule has 1 aliphatic rings. The fourth-order valence-corrected chi connectivity index (χ4v) is 2.71. The maximum Gasteiger partial charge on any atom is 0.225 e. The van der Waals surface area contributed by atoms with Crippen molar-refractivity contribution in [1.82, 2.24) is 10.2 Å². The van der Waals surface area contributed by atoms with Gasteiger partial charge in [0, 0.05) is 30.6 Å². The molecule has 1 N–H and O–H groups in total. The van der Waals surface area contributed by atoms with Crippen molar-refractivity contribution in [2.24, 2.45) is 5.92 Å². The van der Waals surface area contributed by atoms with Crippen molar-refractivity contribution in [3.05, 3.63) is 29.8 Å². The predicted octanol–water partition coefficient (Wildman–Crippen LogP) is 1.96. The Balaban J connectivity index is 1.95. The number of hydrogen-bond donors (Lipinski definition) is 1. The molecule has 0 aliphatic carbocycles. The average molecular weight is 304 g/mol. The highest BCUT2D eigenvalue weighted by Crippen LogP contribution is 2.26. The Bertz CT molecular complexity index is 563. The Morgan fingerprint density at radius 3 is 2.64 bits per heavy atom. The first-order valence-corrected chi connectivity index (χ1v) is 7.53. The zero-order valence-corrected chi connectivity index (χ0v) is 13.7. The summed E-state index contributed by atoms with van der Waals surface area (Å²) in [5.41, 5.74) is 0.685. The van der Waals surface area contributed by atoms with E-state index in [0.717, 1.165) is 11.3 Å². The molecule has 0 bridgehead atoms. The molecule has 120 valence electrons. The molecule has 0 spiro atoms. The van der Waals surface area contributed by atoms with Gasteiger partial charge in [-0.25, -0.2) is 0 Å². The van der Waals surface area contributed by atoms with Gasteiger partial charge in [0.15, 0.2) is 0 Å². The van der Waals surface area contributed by atoms with E-state index in [-0.39, 0.29) is 29.7 Å². The molecule has 1 atom stereocenters. The smallest absolute Gasteiger partial charge is 0.225 e. The number of amides is 2. The van der Waals surface area contributed by atoms with Crippen molar-refractivity contribution in [3.8, 4) is 5.75 Å². The average Bonchev–Trinajstić information content (AvgIpc) is 2.87. The van der Waals surface area contributed by atoms with E-state index in [1.807, 2.05) is 45.0 Å². The first-order chi connectivity index (χ1) is 10.3. The number of ether oxygens (including phenoxy) is 1. The zero-order chi connectivity index (χ0) is 16.3. The molecular formula is C17H24N2O3. The van der Waals surface area contributed by atoms with Gasteiger partial charge in [0.1, 0.15) is 5.75 Å². The molecule has 1 saturated heterocycles. The molecule has 0 saturated carbocycles. The van der Waals surface area contributed by atoms with Crippen molar-refractivity contribution in [3.63, 3.8) is 0 Å². The van der Waals surface area contributed by atoms with Crippen LogP contribution in [0.15, 0.2) is 24.3 Å². The Labute approximate surface area is 131 Å². The molecule has 1 aliphatic heterocycles. The summed E-state index contributed by atoms with van der Waals surface area (Å²) in [6.45, 7) is 6.85. The van der Waals surface area contributed by atoms with Crippen LogP contribution in [0.5, 0.6) is 5.75 Å². The van der Waals surface area contributed by atoms with Crippen LogP contribution in [0.3, 0.4) is 0 Å². The van der Waals surface area contributed by atoms with Gasteiger partial charge in [-0.15, -0.1) is 0 Å². The van der Waals surface area contributed by atoms with Crippen LogP contribution in [0.4, 0.5) is 0 Å². The second-order valence-corrected chi connectivity index (χ2v) is 6.61. The van der Waals surface area contributed by atoms with Gasteiger partial charge < -0.3 is 15.0 Å². The van der Waals surface area contributed by atoms with Gasteiger partial charge in [-0.05, 0) is 26.8 Å². The lowest BCUT2D eigenvalue weighted by Crippen LogP contribution is -2.43. The van der Waals surface area contributed by atoms with Crippen LogP contribution in [0.25, 0.3) is 0 Å². The molecule has 2 amide bonds. The summed E-state index contributed by atoms with van der Waals surface area (Å²) in [6, 6.07) is 7.58. The normalized spacial score (nSPS) is 18.5. The summed E-state index contributed by atoms with van der Waals surface area (Å²) in [6.07, 6.45) is 0.287. The number of likely N-dealkylation sites (tertiary alicyclic amines) is 1. The van der Waals surface area contributed by atoms with E-state index in [1.54, 1.807) is 12.0 Å². The number of carbonyl (C=O) groups excluding carboxylic acids is 2. The lowest BCUT2D eigenvalue weighted by atomic mass is 10.1. The molecule has 5 nitrogen and oxygen atoms in total. The quantitative estimate of drug-likeness (QED) is 0.925. The number of hydrogen-bond acceptors (Lipinski definition) is 3. The second-order valence-electron chi connectivity index (χ2n) is 6.61. The van der Waals surface area contributed by atoms with E-state index in [2.05, 4.69) is 5.32 Å². The maximum absolute atomic E-state index is 12.3. The molecule has 1 fully saturated rings. The number of nitrogens with one attached hydrogen (secondary N) is 1. The summed E-state index contributed by atoms with van der Waals surface area (Å²) in [5.74, 6) is 0.444. The summed E-state index contributed by atoms with van der Waals surface area (Å²) < 4.78 is 5.27. The van der Waals surface area contributed by atoms with E-state index in [0.29, 0.717) is 13.1 Å². The van der Waals surface area contributed by atoms with E-state index >= 15 is 0 Å². The molecule has 1 aromatic carbocycles. The third kappa shape index (κ3) is 3.59. The Hall–Kier alpha value is -2.04. The number of para-hydroxylation sites is 1. The topological polar surface area (TPSA) is 58.6 Å². The summed E-state index contributed by atoms with van der Waals surface area (Å²) >= 11 is 0. The lowest BCUT2D eigenvalue weighted by molar-refractivity contribution is -0.132. The van der Waals surface area contributed by atoms with Crippen molar-refractivity contribution in [2.45, 2.75) is 39.3 Å². The van der Waals surface area contributed by atoms with Crippen LogP contribution in [0, 0.1) is 5.92 Å². The van der Waals surface area contributed by atoms with E-state index < -0.39 is 0 Å². The highest BCUT2D eigenvalue weighted by Gasteiger charge is 2.39. The SMILES string of the molecule is COc1ccccc1CNC(=O)C1CC(=O)N(C(C)(C)C)C1. The van der Waals surface area contributed by atoms with Crippen molar-refractivity contribution < 1.29 is 14.3 Å². The standard InChI is InChI=1S/C17H24N2O3/c1-17(2,3)19-11-13(9-15(19)20)16(21)18-10-12-7-5-6-8-14(12)22-4/h5-8,13H,9-11H2,1-4H3,(H,18,21).